The predicted octanol–water partition coefficient (Wildman–Crippen LogP) is 2.96. The smallest absolute Gasteiger partial charge is 0.226 e. The Labute approximate surface area is 148 Å². The Balaban J connectivity index is 1.41. The molecule has 0 bridgehead atoms. The predicted molar refractivity (Wildman–Crippen MR) is 94.6 cm³/mol. The summed E-state index contributed by atoms with van der Waals surface area (Å²) in [7, 11) is 0. The summed E-state index contributed by atoms with van der Waals surface area (Å²) in [4.78, 5) is 17.1. The van der Waals surface area contributed by atoms with Crippen LogP contribution >= 0.6 is 0 Å². The van der Waals surface area contributed by atoms with Crippen molar-refractivity contribution in [3.05, 3.63) is 71.8 Å². The molecule has 3 heterocycles. The summed E-state index contributed by atoms with van der Waals surface area (Å²) in [5.41, 5.74) is 2.04. The fraction of sp³-hybridized carbons (Fsp3) is 0.381. The molecule has 0 N–H and O–H groups in total. The molecule has 0 unspecified atom stereocenters. The van der Waals surface area contributed by atoms with E-state index >= 15 is 0 Å². The summed E-state index contributed by atoms with van der Waals surface area (Å²) in [5, 5.41) is 0. The molecule has 2 aromatic carbocycles. The van der Waals surface area contributed by atoms with Crippen LogP contribution < -0.4 is 0 Å². The topological polar surface area (TPSA) is 32.8 Å². The van der Waals surface area contributed by atoms with Crippen LogP contribution in [0.2, 0.25) is 0 Å². The average Bonchev–Trinajstić information content (AvgIpc) is 3.27. The largest absolute Gasteiger partial charge is 0.344 e. The van der Waals surface area contributed by atoms with E-state index < -0.39 is 5.72 Å². The lowest BCUT2D eigenvalue weighted by molar-refractivity contribution is -0.138. The van der Waals surface area contributed by atoms with Gasteiger partial charge in [-0.05, 0) is 11.1 Å². The highest BCUT2D eigenvalue weighted by atomic mass is 16.5. The molecule has 3 aliphatic rings. The van der Waals surface area contributed by atoms with Crippen molar-refractivity contribution in [1.82, 2.24) is 9.80 Å². The van der Waals surface area contributed by atoms with Gasteiger partial charge in [-0.3, -0.25) is 9.69 Å². The summed E-state index contributed by atoms with van der Waals surface area (Å²) in [6, 6.07) is 20.9. The molecule has 1 amide bonds. The standard InChI is InChI=1S/C21H22N2O2/c24-20-13-19-21(11-12-22(19)14-16-7-3-1-4-8-16)23(20)15-18(25-21)17-9-5-2-6-10-17/h1-10,18-19H,11-15H2/t18-,19+,21-/m0/s1. The molecule has 0 aliphatic carbocycles. The molecule has 3 fully saturated rings. The quantitative estimate of drug-likeness (QED) is 0.865. The molecule has 4 heteroatoms. The van der Waals surface area contributed by atoms with Gasteiger partial charge >= 0.3 is 0 Å². The fourth-order valence-electron chi connectivity index (χ4n) is 4.76. The number of benzene rings is 2. The van der Waals surface area contributed by atoms with Crippen LogP contribution in [0.1, 0.15) is 30.1 Å². The highest BCUT2D eigenvalue weighted by Crippen LogP contribution is 2.50. The van der Waals surface area contributed by atoms with Gasteiger partial charge in [0.1, 0.15) is 6.10 Å². The van der Waals surface area contributed by atoms with E-state index in [0.29, 0.717) is 13.0 Å². The zero-order valence-corrected chi connectivity index (χ0v) is 14.2. The zero-order chi connectivity index (χ0) is 16.9. The third-order valence-corrected chi connectivity index (χ3v) is 5.94. The number of carbonyl (C=O) groups is 1. The van der Waals surface area contributed by atoms with Crippen LogP contribution in [0, 0.1) is 0 Å². The van der Waals surface area contributed by atoms with Crippen LogP contribution in [-0.4, -0.2) is 40.6 Å². The molecule has 5 rings (SSSR count). The van der Waals surface area contributed by atoms with E-state index in [1.165, 1.54) is 11.1 Å². The van der Waals surface area contributed by atoms with Gasteiger partial charge in [0.15, 0.2) is 5.72 Å². The average molecular weight is 334 g/mol. The number of amides is 1. The minimum atomic E-state index is -0.424. The van der Waals surface area contributed by atoms with Crippen molar-refractivity contribution in [2.24, 2.45) is 0 Å². The molecule has 3 saturated heterocycles. The monoisotopic (exact) mass is 334 g/mol. The van der Waals surface area contributed by atoms with E-state index in [0.717, 1.165) is 19.5 Å². The molecule has 0 radical (unpaired) electrons. The van der Waals surface area contributed by atoms with Crippen LogP contribution in [0.4, 0.5) is 0 Å². The summed E-state index contributed by atoms with van der Waals surface area (Å²) in [5.74, 6) is 0.237. The van der Waals surface area contributed by atoms with Gasteiger partial charge in [-0.2, -0.15) is 0 Å². The third-order valence-electron chi connectivity index (χ3n) is 5.94. The second kappa shape index (κ2) is 5.68. The molecule has 3 aliphatic heterocycles. The maximum absolute atomic E-state index is 12.7. The van der Waals surface area contributed by atoms with Gasteiger partial charge in [-0.15, -0.1) is 0 Å². The Morgan fingerprint density at radius 3 is 2.52 bits per heavy atom. The number of hydrogen-bond acceptors (Lipinski definition) is 3. The zero-order valence-electron chi connectivity index (χ0n) is 14.2. The Bertz CT molecular complexity index is 779. The molecule has 128 valence electrons. The Morgan fingerprint density at radius 2 is 1.76 bits per heavy atom. The lowest BCUT2D eigenvalue weighted by Gasteiger charge is -2.32. The minimum absolute atomic E-state index is 0.00961. The number of carbonyl (C=O) groups excluding carboxylic acids is 1. The molecule has 4 nitrogen and oxygen atoms in total. The SMILES string of the molecule is O=C1C[C@H]2N(Cc3ccccc3)CC[C@]23O[C@H](c2ccccc2)CN13. The van der Waals surface area contributed by atoms with E-state index in [4.69, 9.17) is 4.74 Å². The van der Waals surface area contributed by atoms with Gasteiger partial charge in [0.05, 0.1) is 12.6 Å². The van der Waals surface area contributed by atoms with Crippen LogP contribution in [0.25, 0.3) is 0 Å². The van der Waals surface area contributed by atoms with Crippen molar-refractivity contribution in [2.45, 2.75) is 37.3 Å². The molecule has 1 spiro atoms. The number of ether oxygens (including phenoxy) is 1. The normalized spacial score (nSPS) is 31.4. The van der Waals surface area contributed by atoms with Crippen molar-refractivity contribution >= 4 is 5.91 Å². The third kappa shape index (κ3) is 2.32. The summed E-state index contributed by atoms with van der Waals surface area (Å²) in [6.07, 6.45) is 1.47. The Hall–Kier alpha value is -2.17. The van der Waals surface area contributed by atoms with E-state index in [-0.39, 0.29) is 18.1 Å². The van der Waals surface area contributed by atoms with Crippen molar-refractivity contribution in [3.8, 4) is 0 Å². The highest BCUT2D eigenvalue weighted by molar-refractivity contribution is 5.81. The lowest BCUT2D eigenvalue weighted by atomic mass is 10.1. The molecular formula is C21H22N2O2. The first-order valence-electron chi connectivity index (χ1n) is 9.07. The van der Waals surface area contributed by atoms with Gasteiger partial charge in [-0.1, -0.05) is 60.7 Å². The fourth-order valence-corrected chi connectivity index (χ4v) is 4.76. The molecular weight excluding hydrogens is 312 g/mol. The van der Waals surface area contributed by atoms with Crippen molar-refractivity contribution in [2.75, 3.05) is 13.1 Å². The number of likely N-dealkylation sites (tertiary alicyclic amines) is 1. The van der Waals surface area contributed by atoms with Gasteiger partial charge in [0.2, 0.25) is 5.91 Å². The van der Waals surface area contributed by atoms with Crippen LogP contribution in [0.3, 0.4) is 0 Å². The first kappa shape index (κ1) is 15.1. The van der Waals surface area contributed by atoms with E-state index in [9.17, 15) is 4.79 Å². The number of rotatable bonds is 3. The summed E-state index contributed by atoms with van der Waals surface area (Å²) < 4.78 is 6.58. The summed E-state index contributed by atoms with van der Waals surface area (Å²) >= 11 is 0. The molecule has 0 saturated carbocycles. The highest BCUT2D eigenvalue weighted by Gasteiger charge is 2.63. The molecule has 25 heavy (non-hydrogen) atoms. The van der Waals surface area contributed by atoms with Crippen molar-refractivity contribution < 1.29 is 9.53 Å². The second-order valence-corrected chi connectivity index (χ2v) is 7.29. The van der Waals surface area contributed by atoms with E-state index in [1.54, 1.807) is 0 Å². The van der Waals surface area contributed by atoms with Gasteiger partial charge in [0.25, 0.3) is 0 Å². The molecule has 0 aromatic heterocycles. The second-order valence-electron chi connectivity index (χ2n) is 7.29. The lowest BCUT2D eigenvalue weighted by Crippen LogP contribution is -2.47. The Kier molecular flexibility index (Phi) is 3.43. The van der Waals surface area contributed by atoms with Crippen LogP contribution in [0.15, 0.2) is 60.7 Å². The first-order valence-corrected chi connectivity index (χ1v) is 9.07. The van der Waals surface area contributed by atoms with Crippen molar-refractivity contribution in [1.29, 1.82) is 0 Å². The minimum Gasteiger partial charge on any atom is -0.344 e. The van der Waals surface area contributed by atoms with Crippen molar-refractivity contribution in [3.63, 3.8) is 0 Å². The van der Waals surface area contributed by atoms with E-state index in [2.05, 4.69) is 41.3 Å². The maximum atomic E-state index is 12.7. The first-order chi connectivity index (χ1) is 12.3. The maximum Gasteiger partial charge on any atom is 0.226 e. The molecule has 3 atom stereocenters. The Morgan fingerprint density at radius 1 is 1.04 bits per heavy atom. The van der Waals surface area contributed by atoms with Crippen LogP contribution in [0.5, 0.6) is 0 Å². The van der Waals surface area contributed by atoms with Gasteiger partial charge < -0.3 is 9.64 Å². The number of nitrogens with zero attached hydrogens (tertiary/aromatic N) is 2. The van der Waals surface area contributed by atoms with Crippen LogP contribution in [-0.2, 0) is 16.1 Å². The number of hydrogen-bond donors (Lipinski definition) is 0. The molecule has 2 aromatic rings. The summed E-state index contributed by atoms with van der Waals surface area (Å²) in [6.45, 7) is 2.54. The van der Waals surface area contributed by atoms with Gasteiger partial charge in [0, 0.05) is 25.9 Å². The van der Waals surface area contributed by atoms with E-state index in [1.807, 2.05) is 29.2 Å². The van der Waals surface area contributed by atoms with Gasteiger partial charge in [-0.25, -0.2) is 0 Å².